The van der Waals surface area contributed by atoms with Crippen LogP contribution >= 0.6 is 0 Å². The molecule has 0 atom stereocenters. The van der Waals surface area contributed by atoms with E-state index >= 15 is 0 Å². The maximum Gasteiger partial charge on any atom is 0.0558 e. The van der Waals surface area contributed by atoms with Crippen LogP contribution < -0.4 is 0 Å². The fourth-order valence-electron chi connectivity index (χ4n) is 1.37. The lowest BCUT2D eigenvalue weighted by molar-refractivity contribution is 0.171. The van der Waals surface area contributed by atoms with Gasteiger partial charge in [-0.05, 0) is 32.4 Å². The summed E-state index contributed by atoms with van der Waals surface area (Å²) in [5, 5.41) is 8.80. The van der Waals surface area contributed by atoms with Crippen LogP contribution in [-0.2, 0) is 4.74 Å². The van der Waals surface area contributed by atoms with E-state index in [0.29, 0.717) is 0 Å². The number of methoxy groups -OCH3 is 1. The van der Waals surface area contributed by atoms with Crippen molar-refractivity contribution in [1.82, 2.24) is 4.90 Å². The molecule has 0 saturated heterocycles. The first-order valence-electron chi connectivity index (χ1n) is 5.17. The Morgan fingerprint density at radius 3 is 2.46 bits per heavy atom. The second-order valence-electron chi connectivity index (χ2n) is 3.27. The third-order valence-corrected chi connectivity index (χ3v) is 2.03. The number of aliphatic hydroxyl groups excluding tert-OH is 1. The highest BCUT2D eigenvalue weighted by Gasteiger charge is 2.01. The summed E-state index contributed by atoms with van der Waals surface area (Å²) < 4.78 is 4.98. The summed E-state index contributed by atoms with van der Waals surface area (Å²) in [5.41, 5.74) is 0. The molecule has 80 valence electrons. The molecule has 3 heteroatoms. The smallest absolute Gasteiger partial charge is 0.0558 e. The fourth-order valence-corrected chi connectivity index (χ4v) is 1.37. The third-order valence-electron chi connectivity index (χ3n) is 2.03. The van der Waals surface area contributed by atoms with Gasteiger partial charge in [-0.1, -0.05) is 6.92 Å². The molecule has 0 rings (SSSR count). The Morgan fingerprint density at radius 1 is 1.15 bits per heavy atom. The van der Waals surface area contributed by atoms with Crippen molar-refractivity contribution in [3.05, 3.63) is 0 Å². The van der Waals surface area contributed by atoms with E-state index in [9.17, 15) is 0 Å². The summed E-state index contributed by atoms with van der Waals surface area (Å²) in [7, 11) is 1.73. The fraction of sp³-hybridized carbons (Fsp3) is 1.00. The molecule has 0 aromatic carbocycles. The minimum absolute atomic E-state index is 0.268. The molecule has 0 spiro atoms. The first-order chi connectivity index (χ1) is 6.35. The van der Waals surface area contributed by atoms with Crippen LogP contribution in [0.3, 0.4) is 0 Å². The predicted octanol–water partition coefficient (Wildman–Crippen LogP) is 1.12. The highest BCUT2D eigenvalue weighted by atomic mass is 16.5. The molecule has 0 heterocycles. The molecular formula is C10H23NO2. The van der Waals surface area contributed by atoms with Gasteiger partial charge in [0.25, 0.3) is 0 Å². The van der Waals surface area contributed by atoms with Crippen LogP contribution in [0.2, 0.25) is 0 Å². The van der Waals surface area contributed by atoms with E-state index in [-0.39, 0.29) is 6.61 Å². The summed E-state index contributed by atoms with van der Waals surface area (Å²) in [6.45, 7) is 6.26. The summed E-state index contributed by atoms with van der Waals surface area (Å²) >= 11 is 0. The van der Waals surface area contributed by atoms with E-state index in [4.69, 9.17) is 9.84 Å². The highest BCUT2D eigenvalue weighted by molar-refractivity contribution is 4.56. The number of hydrogen-bond acceptors (Lipinski definition) is 3. The minimum Gasteiger partial charge on any atom is -0.395 e. The Balaban J connectivity index is 3.33. The standard InChI is InChI=1S/C10H23NO2/c1-3-6-11(8-9-12)7-4-5-10-13-2/h12H,3-10H2,1-2H3. The number of unbranched alkanes of at least 4 members (excludes halogenated alkanes) is 1. The summed E-state index contributed by atoms with van der Waals surface area (Å²) in [6.07, 6.45) is 3.43. The van der Waals surface area contributed by atoms with Gasteiger partial charge in [0.15, 0.2) is 0 Å². The summed E-state index contributed by atoms with van der Waals surface area (Å²) in [6, 6.07) is 0. The highest BCUT2D eigenvalue weighted by Crippen LogP contribution is 1.96. The van der Waals surface area contributed by atoms with E-state index in [1.54, 1.807) is 7.11 Å². The Kier molecular flexibility index (Phi) is 9.87. The van der Waals surface area contributed by atoms with Crippen molar-refractivity contribution >= 4 is 0 Å². The Labute approximate surface area is 81.7 Å². The molecule has 0 aliphatic carbocycles. The van der Waals surface area contributed by atoms with E-state index in [2.05, 4.69) is 11.8 Å². The normalized spacial score (nSPS) is 11.1. The van der Waals surface area contributed by atoms with Crippen molar-refractivity contribution in [2.45, 2.75) is 26.2 Å². The molecule has 13 heavy (non-hydrogen) atoms. The first-order valence-corrected chi connectivity index (χ1v) is 5.17. The predicted molar refractivity (Wildman–Crippen MR) is 54.9 cm³/mol. The molecule has 0 fully saturated rings. The van der Waals surface area contributed by atoms with Crippen molar-refractivity contribution in [1.29, 1.82) is 0 Å². The SMILES string of the molecule is CCCN(CCO)CCCCOC. The lowest BCUT2D eigenvalue weighted by Gasteiger charge is -2.19. The lowest BCUT2D eigenvalue weighted by atomic mass is 10.3. The van der Waals surface area contributed by atoms with Crippen LogP contribution in [0.5, 0.6) is 0 Å². The van der Waals surface area contributed by atoms with Crippen molar-refractivity contribution in [2.75, 3.05) is 40.0 Å². The summed E-state index contributed by atoms with van der Waals surface area (Å²) in [5.74, 6) is 0. The zero-order valence-electron chi connectivity index (χ0n) is 8.96. The molecular weight excluding hydrogens is 166 g/mol. The van der Waals surface area contributed by atoms with Gasteiger partial charge in [0.05, 0.1) is 6.61 Å². The van der Waals surface area contributed by atoms with Crippen LogP contribution in [0, 0.1) is 0 Å². The molecule has 0 amide bonds. The molecule has 0 bridgehead atoms. The first kappa shape index (κ1) is 12.9. The molecule has 0 aromatic rings. The van der Waals surface area contributed by atoms with Gasteiger partial charge in [0.1, 0.15) is 0 Å². The molecule has 0 aromatic heterocycles. The Morgan fingerprint density at radius 2 is 1.92 bits per heavy atom. The molecule has 0 unspecified atom stereocenters. The topological polar surface area (TPSA) is 32.7 Å². The quantitative estimate of drug-likeness (QED) is 0.552. The largest absolute Gasteiger partial charge is 0.395 e. The average molecular weight is 189 g/mol. The van der Waals surface area contributed by atoms with Gasteiger partial charge in [0.2, 0.25) is 0 Å². The zero-order chi connectivity index (χ0) is 9.94. The van der Waals surface area contributed by atoms with Gasteiger partial charge < -0.3 is 14.7 Å². The lowest BCUT2D eigenvalue weighted by Crippen LogP contribution is -2.28. The van der Waals surface area contributed by atoms with Crippen molar-refractivity contribution in [2.24, 2.45) is 0 Å². The van der Waals surface area contributed by atoms with Gasteiger partial charge >= 0.3 is 0 Å². The van der Waals surface area contributed by atoms with Crippen molar-refractivity contribution in [3.63, 3.8) is 0 Å². The zero-order valence-corrected chi connectivity index (χ0v) is 8.96. The molecule has 0 radical (unpaired) electrons. The van der Waals surface area contributed by atoms with Gasteiger partial charge in [-0.15, -0.1) is 0 Å². The van der Waals surface area contributed by atoms with E-state index in [1.165, 1.54) is 0 Å². The van der Waals surface area contributed by atoms with Gasteiger partial charge in [-0.2, -0.15) is 0 Å². The average Bonchev–Trinajstić information content (AvgIpc) is 2.13. The number of ether oxygens (including phenoxy) is 1. The second-order valence-corrected chi connectivity index (χ2v) is 3.27. The molecule has 3 nitrogen and oxygen atoms in total. The van der Waals surface area contributed by atoms with Crippen molar-refractivity contribution in [3.8, 4) is 0 Å². The number of nitrogens with zero attached hydrogens (tertiary/aromatic N) is 1. The Bertz CT molecular complexity index is 92.9. The number of rotatable bonds is 9. The summed E-state index contributed by atoms with van der Waals surface area (Å²) in [4.78, 5) is 2.30. The molecule has 0 saturated carbocycles. The van der Waals surface area contributed by atoms with Gasteiger partial charge in [-0.25, -0.2) is 0 Å². The van der Waals surface area contributed by atoms with Crippen LogP contribution in [0.4, 0.5) is 0 Å². The third kappa shape index (κ3) is 8.22. The van der Waals surface area contributed by atoms with Gasteiger partial charge in [0, 0.05) is 20.3 Å². The Hall–Kier alpha value is -0.120. The van der Waals surface area contributed by atoms with Crippen LogP contribution in [-0.4, -0.2) is 50.0 Å². The van der Waals surface area contributed by atoms with Crippen LogP contribution in [0.15, 0.2) is 0 Å². The van der Waals surface area contributed by atoms with Crippen LogP contribution in [0.1, 0.15) is 26.2 Å². The van der Waals surface area contributed by atoms with Crippen molar-refractivity contribution < 1.29 is 9.84 Å². The number of hydrogen-bond donors (Lipinski definition) is 1. The van der Waals surface area contributed by atoms with Crippen LogP contribution in [0.25, 0.3) is 0 Å². The van der Waals surface area contributed by atoms with E-state index < -0.39 is 0 Å². The van der Waals surface area contributed by atoms with E-state index in [0.717, 1.165) is 45.5 Å². The maximum atomic E-state index is 8.80. The van der Waals surface area contributed by atoms with E-state index in [1.807, 2.05) is 0 Å². The molecule has 0 aliphatic rings. The molecule has 0 aliphatic heterocycles. The molecule has 1 N–H and O–H groups in total. The minimum atomic E-state index is 0.268. The van der Waals surface area contributed by atoms with Gasteiger partial charge in [-0.3, -0.25) is 0 Å². The maximum absolute atomic E-state index is 8.80. The second kappa shape index (κ2) is 9.96. The number of aliphatic hydroxyl groups is 1. The monoisotopic (exact) mass is 189 g/mol.